The number of allylic oxidation sites excluding steroid dienone is 3. The highest BCUT2D eigenvalue weighted by atomic mass is 15.1. The van der Waals surface area contributed by atoms with Crippen molar-refractivity contribution < 1.29 is 0 Å². The Kier molecular flexibility index (Phi) is 4.72. The molecule has 0 fully saturated rings. The van der Waals surface area contributed by atoms with E-state index in [-0.39, 0.29) is 5.57 Å². The average molecular weight is 237 g/mol. The Morgan fingerprint density at radius 3 is 2.11 bits per heavy atom. The first-order valence-corrected chi connectivity index (χ1v) is 5.54. The fourth-order valence-electron chi connectivity index (χ4n) is 1.49. The smallest absolute Gasteiger partial charge is 0.129 e. The highest BCUT2D eigenvalue weighted by molar-refractivity contribution is 5.60. The quantitative estimate of drug-likeness (QED) is 0.599. The fraction of sp³-hybridized carbons (Fsp3) is 0.200. The number of benzene rings is 1. The van der Waals surface area contributed by atoms with Crippen molar-refractivity contribution in [3.05, 3.63) is 47.1 Å². The number of anilines is 1. The van der Waals surface area contributed by atoms with Crippen LogP contribution < -0.4 is 4.90 Å². The normalized spacial score (nSPS) is 10.2. The van der Waals surface area contributed by atoms with Gasteiger partial charge in [0.15, 0.2) is 0 Å². The molecule has 0 bridgehead atoms. The summed E-state index contributed by atoms with van der Waals surface area (Å²) in [7, 11) is 3.98. The van der Waals surface area contributed by atoms with Crippen molar-refractivity contribution in [1.82, 2.24) is 0 Å². The number of nitrogens with zero attached hydrogens (tertiary/aromatic N) is 3. The molecule has 0 N–H and O–H groups in total. The van der Waals surface area contributed by atoms with Crippen molar-refractivity contribution in [2.24, 2.45) is 0 Å². The molecular weight excluding hydrogens is 222 g/mol. The predicted molar refractivity (Wildman–Crippen MR) is 73.7 cm³/mol. The van der Waals surface area contributed by atoms with Gasteiger partial charge in [0.25, 0.3) is 0 Å². The molecule has 90 valence electrons. The number of rotatable bonds is 3. The number of hydrogen-bond acceptors (Lipinski definition) is 3. The Bertz CT molecular complexity index is 533. The third kappa shape index (κ3) is 3.81. The fourth-order valence-corrected chi connectivity index (χ4v) is 1.49. The Balaban J connectivity index is 2.94. The van der Waals surface area contributed by atoms with E-state index in [1.165, 1.54) is 0 Å². The lowest BCUT2D eigenvalue weighted by Crippen LogP contribution is -2.07. The SMILES string of the molecule is CC(C=C(C#N)C#N)=Cc1ccc(N(C)C)cc1. The summed E-state index contributed by atoms with van der Waals surface area (Å²) in [6, 6.07) is 11.8. The predicted octanol–water partition coefficient (Wildman–Crippen LogP) is 3.13. The highest BCUT2D eigenvalue weighted by Gasteiger charge is 1.96. The molecule has 0 aliphatic carbocycles. The molecule has 0 radical (unpaired) electrons. The monoisotopic (exact) mass is 237 g/mol. The van der Waals surface area contributed by atoms with Crippen LogP contribution in [0.4, 0.5) is 5.69 Å². The molecule has 1 aromatic rings. The minimum absolute atomic E-state index is 0.119. The molecule has 0 aliphatic heterocycles. The molecule has 0 saturated heterocycles. The van der Waals surface area contributed by atoms with Gasteiger partial charge in [-0.05, 0) is 36.3 Å². The van der Waals surface area contributed by atoms with E-state index in [9.17, 15) is 0 Å². The first-order chi connectivity index (χ1) is 8.56. The Morgan fingerprint density at radius 2 is 1.67 bits per heavy atom. The molecule has 0 amide bonds. The van der Waals surface area contributed by atoms with Crippen LogP contribution in [0.15, 0.2) is 41.5 Å². The Morgan fingerprint density at radius 1 is 1.11 bits per heavy atom. The molecular formula is C15H15N3. The maximum atomic E-state index is 8.66. The van der Waals surface area contributed by atoms with Gasteiger partial charge < -0.3 is 4.90 Å². The van der Waals surface area contributed by atoms with E-state index in [0.29, 0.717) is 0 Å². The number of hydrogen-bond donors (Lipinski definition) is 0. The standard InChI is InChI=1S/C15H15N3/c1-12(9-14(10-16)11-17)8-13-4-6-15(7-5-13)18(2)3/h4-9H,1-3H3. The van der Waals surface area contributed by atoms with Crippen LogP contribution in [0.3, 0.4) is 0 Å². The van der Waals surface area contributed by atoms with Crippen molar-refractivity contribution in [1.29, 1.82) is 10.5 Å². The van der Waals surface area contributed by atoms with Crippen LogP contribution in [0.25, 0.3) is 6.08 Å². The lowest BCUT2D eigenvalue weighted by Gasteiger charge is -2.11. The van der Waals surface area contributed by atoms with Crippen LogP contribution >= 0.6 is 0 Å². The van der Waals surface area contributed by atoms with Gasteiger partial charge in [-0.15, -0.1) is 0 Å². The first-order valence-electron chi connectivity index (χ1n) is 5.54. The van der Waals surface area contributed by atoms with Gasteiger partial charge in [0.05, 0.1) is 0 Å². The molecule has 3 heteroatoms. The molecule has 3 nitrogen and oxygen atoms in total. The molecule has 18 heavy (non-hydrogen) atoms. The molecule has 0 aromatic heterocycles. The molecule has 0 spiro atoms. The van der Waals surface area contributed by atoms with Gasteiger partial charge in [0, 0.05) is 19.8 Å². The van der Waals surface area contributed by atoms with Gasteiger partial charge in [-0.25, -0.2) is 0 Å². The van der Waals surface area contributed by atoms with Crippen LogP contribution in [-0.2, 0) is 0 Å². The third-order valence-electron chi connectivity index (χ3n) is 2.42. The second kappa shape index (κ2) is 6.27. The van der Waals surface area contributed by atoms with Crippen molar-refractivity contribution in [3.63, 3.8) is 0 Å². The summed E-state index contributed by atoms with van der Waals surface area (Å²) < 4.78 is 0. The van der Waals surface area contributed by atoms with Gasteiger partial charge in [-0.2, -0.15) is 10.5 Å². The van der Waals surface area contributed by atoms with E-state index in [0.717, 1.165) is 16.8 Å². The summed E-state index contributed by atoms with van der Waals surface area (Å²) in [5, 5.41) is 17.3. The van der Waals surface area contributed by atoms with E-state index >= 15 is 0 Å². The minimum Gasteiger partial charge on any atom is -0.378 e. The van der Waals surface area contributed by atoms with Gasteiger partial charge >= 0.3 is 0 Å². The Hall–Kier alpha value is -2.52. The van der Waals surface area contributed by atoms with Crippen LogP contribution in [0, 0.1) is 22.7 Å². The maximum Gasteiger partial charge on any atom is 0.129 e. The largest absolute Gasteiger partial charge is 0.378 e. The minimum atomic E-state index is 0.119. The van der Waals surface area contributed by atoms with E-state index in [2.05, 4.69) is 0 Å². The summed E-state index contributed by atoms with van der Waals surface area (Å²) in [5.74, 6) is 0. The molecule has 1 aromatic carbocycles. The summed E-state index contributed by atoms with van der Waals surface area (Å²) in [4.78, 5) is 2.03. The topological polar surface area (TPSA) is 50.8 Å². The van der Waals surface area contributed by atoms with Crippen molar-refractivity contribution in [2.45, 2.75) is 6.92 Å². The third-order valence-corrected chi connectivity index (χ3v) is 2.42. The average Bonchev–Trinajstić information content (AvgIpc) is 2.36. The van der Waals surface area contributed by atoms with Crippen LogP contribution in [-0.4, -0.2) is 14.1 Å². The van der Waals surface area contributed by atoms with Crippen LogP contribution in [0.5, 0.6) is 0 Å². The summed E-state index contributed by atoms with van der Waals surface area (Å²) in [6.45, 7) is 1.87. The molecule has 0 aliphatic rings. The number of nitriles is 2. The summed E-state index contributed by atoms with van der Waals surface area (Å²) >= 11 is 0. The zero-order chi connectivity index (χ0) is 13.5. The molecule has 0 saturated carbocycles. The second-order valence-electron chi connectivity index (χ2n) is 4.16. The van der Waals surface area contributed by atoms with Gasteiger partial charge in [0.1, 0.15) is 17.7 Å². The lowest BCUT2D eigenvalue weighted by molar-refractivity contribution is 1.13. The zero-order valence-corrected chi connectivity index (χ0v) is 10.8. The van der Waals surface area contributed by atoms with Crippen LogP contribution in [0.2, 0.25) is 0 Å². The highest BCUT2D eigenvalue weighted by Crippen LogP contribution is 2.15. The first kappa shape index (κ1) is 13.5. The van der Waals surface area contributed by atoms with E-state index < -0.39 is 0 Å². The van der Waals surface area contributed by atoms with Gasteiger partial charge in [-0.3, -0.25) is 0 Å². The van der Waals surface area contributed by atoms with Crippen LogP contribution in [0.1, 0.15) is 12.5 Å². The Labute approximate surface area is 108 Å². The van der Waals surface area contributed by atoms with E-state index in [4.69, 9.17) is 10.5 Å². The molecule has 0 heterocycles. The zero-order valence-electron chi connectivity index (χ0n) is 10.8. The summed E-state index contributed by atoms with van der Waals surface area (Å²) in [5.41, 5.74) is 3.18. The molecule has 1 rings (SSSR count). The van der Waals surface area contributed by atoms with Crippen molar-refractivity contribution >= 4 is 11.8 Å². The van der Waals surface area contributed by atoms with E-state index in [1.807, 2.05) is 68.4 Å². The lowest BCUT2D eigenvalue weighted by atomic mass is 10.1. The van der Waals surface area contributed by atoms with Gasteiger partial charge in [-0.1, -0.05) is 18.2 Å². The molecule has 0 atom stereocenters. The summed E-state index contributed by atoms with van der Waals surface area (Å²) in [6.07, 6.45) is 3.52. The van der Waals surface area contributed by atoms with Crippen molar-refractivity contribution in [3.8, 4) is 12.1 Å². The van der Waals surface area contributed by atoms with E-state index in [1.54, 1.807) is 6.08 Å². The molecule has 0 unspecified atom stereocenters. The van der Waals surface area contributed by atoms with Gasteiger partial charge in [0.2, 0.25) is 0 Å². The second-order valence-corrected chi connectivity index (χ2v) is 4.16. The van der Waals surface area contributed by atoms with Crippen molar-refractivity contribution in [2.75, 3.05) is 19.0 Å². The maximum absolute atomic E-state index is 8.66.